The van der Waals surface area contributed by atoms with Crippen LogP contribution in [0.1, 0.15) is 38.2 Å². The molecule has 3 nitrogen and oxygen atoms in total. The van der Waals surface area contributed by atoms with Crippen molar-refractivity contribution in [3.8, 4) is 0 Å². The third kappa shape index (κ3) is 3.10. The Kier molecular flexibility index (Phi) is 4.37. The maximum atomic E-state index is 12.2. The minimum absolute atomic E-state index is 0.0821. The normalized spacial score (nSPS) is 23.7. The molecule has 0 radical (unpaired) electrons. The molecule has 0 aliphatic heterocycles. The lowest BCUT2D eigenvalue weighted by molar-refractivity contribution is -0.120. The minimum atomic E-state index is 0.0821. The number of carbonyl (C=O) groups excluding carboxylic acids is 1. The molecule has 1 aromatic carbocycles. The zero-order chi connectivity index (χ0) is 13.0. The summed E-state index contributed by atoms with van der Waals surface area (Å²) in [6.45, 7) is 2.10. The lowest BCUT2D eigenvalue weighted by atomic mass is 9.85. The molecular weight excluding hydrogens is 224 g/mol. The molecular formula is C15H22N2O. The van der Waals surface area contributed by atoms with Gasteiger partial charge in [-0.2, -0.15) is 0 Å². The number of anilines is 1. The topological polar surface area (TPSA) is 55.1 Å². The van der Waals surface area contributed by atoms with Gasteiger partial charge in [-0.3, -0.25) is 4.79 Å². The number of amides is 1. The van der Waals surface area contributed by atoms with Gasteiger partial charge >= 0.3 is 0 Å². The monoisotopic (exact) mass is 246 g/mol. The summed E-state index contributed by atoms with van der Waals surface area (Å²) in [4.78, 5) is 12.2. The lowest BCUT2D eigenvalue weighted by Crippen LogP contribution is -2.34. The van der Waals surface area contributed by atoms with E-state index in [0.717, 1.165) is 37.8 Å². The first-order chi connectivity index (χ1) is 8.70. The van der Waals surface area contributed by atoms with Crippen LogP contribution in [0.25, 0.3) is 0 Å². The Morgan fingerprint density at radius 3 is 2.89 bits per heavy atom. The van der Waals surface area contributed by atoms with E-state index < -0.39 is 0 Å². The predicted molar refractivity (Wildman–Crippen MR) is 74.4 cm³/mol. The van der Waals surface area contributed by atoms with Crippen LogP contribution in [-0.2, 0) is 11.2 Å². The quantitative estimate of drug-likeness (QED) is 0.861. The highest BCUT2D eigenvalue weighted by Crippen LogP contribution is 2.25. The molecule has 0 spiro atoms. The van der Waals surface area contributed by atoms with Crippen molar-refractivity contribution < 1.29 is 4.79 Å². The largest absolute Gasteiger partial charge is 0.328 e. The predicted octanol–water partition coefficient (Wildman–Crippen LogP) is 2.71. The average Bonchev–Trinajstić information content (AvgIpc) is 2.39. The van der Waals surface area contributed by atoms with E-state index in [1.807, 2.05) is 18.2 Å². The van der Waals surface area contributed by atoms with Crippen molar-refractivity contribution in [3.63, 3.8) is 0 Å². The molecule has 3 N–H and O–H groups in total. The molecule has 0 heterocycles. The summed E-state index contributed by atoms with van der Waals surface area (Å²) in [5.41, 5.74) is 8.07. The van der Waals surface area contributed by atoms with Gasteiger partial charge in [-0.1, -0.05) is 31.5 Å². The molecule has 2 rings (SSSR count). The second-order valence-corrected chi connectivity index (χ2v) is 5.12. The second kappa shape index (κ2) is 6.01. The SMILES string of the molecule is CCc1ccccc1NC(=O)C1CCCC(N)C1. The van der Waals surface area contributed by atoms with Crippen molar-refractivity contribution in [3.05, 3.63) is 29.8 Å². The van der Waals surface area contributed by atoms with Gasteiger partial charge < -0.3 is 11.1 Å². The van der Waals surface area contributed by atoms with E-state index in [2.05, 4.69) is 18.3 Å². The molecule has 1 saturated carbocycles. The zero-order valence-electron chi connectivity index (χ0n) is 11.0. The van der Waals surface area contributed by atoms with E-state index in [-0.39, 0.29) is 17.9 Å². The van der Waals surface area contributed by atoms with Crippen LogP contribution in [0.4, 0.5) is 5.69 Å². The number of para-hydroxylation sites is 1. The number of nitrogens with two attached hydrogens (primary N) is 1. The Morgan fingerprint density at radius 1 is 1.39 bits per heavy atom. The number of hydrogen-bond donors (Lipinski definition) is 2. The molecule has 0 saturated heterocycles. The zero-order valence-corrected chi connectivity index (χ0v) is 11.0. The van der Waals surface area contributed by atoms with E-state index in [1.165, 1.54) is 5.56 Å². The fourth-order valence-corrected chi connectivity index (χ4v) is 2.65. The molecule has 2 unspecified atom stereocenters. The Morgan fingerprint density at radius 2 is 2.17 bits per heavy atom. The molecule has 98 valence electrons. The third-order valence-corrected chi connectivity index (χ3v) is 3.74. The smallest absolute Gasteiger partial charge is 0.227 e. The van der Waals surface area contributed by atoms with Gasteiger partial charge in [0.1, 0.15) is 0 Å². The van der Waals surface area contributed by atoms with E-state index in [1.54, 1.807) is 0 Å². The van der Waals surface area contributed by atoms with E-state index in [0.29, 0.717) is 0 Å². The number of rotatable bonds is 3. The van der Waals surface area contributed by atoms with Gasteiger partial charge in [0, 0.05) is 17.6 Å². The molecule has 18 heavy (non-hydrogen) atoms. The summed E-state index contributed by atoms with van der Waals surface area (Å²) in [6, 6.07) is 8.18. The highest BCUT2D eigenvalue weighted by atomic mass is 16.1. The van der Waals surface area contributed by atoms with Gasteiger partial charge in [-0.25, -0.2) is 0 Å². The first-order valence-electron chi connectivity index (χ1n) is 6.85. The standard InChI is InChI=1S/C15H22N2O/c1-2-11-6-3-4-9-14(11)17-15(18)12-7-5-8-13(16)10-12/h3-4,6,9,12-13H,2,5,7-8,10,16H2,1H3,(H,17,18). The lowest BCUT2D eigenvalue weighted by Gasteiger charge is -2.26. The highest BCUT2D eigenvalue weighted by molar-refractivity contribution is 5.93. The number of nitrogens with one attached hydrogen (secondary N) is 1. The molecule has 0 bridgehead atoms. The number of benzene rings is 1. The van der Waals surface area contributed by atoms with E-state index in [9.17, 15) is 4.79 Å². The van der Waals surface area contributed by atoms with Crippen LogP contribution >= 0.6 is 0 Å². The van der Waals surface area contributed by atoms with Crippen molar-refractivity contribution in [2.75, 3.05) is 5.32 Å². The number of aryl methyl sites for hydroxylation is 1. The van der Waals surface area contributed by atoms with Gasteiger partial charge in [0.2, 0.25) is 5.91 Å². The van der Waals surface area contributed by atoms with Gasteiger partial charge in [0.15, 0.2) is 0 Å². The molecule has 1 amide bonds. The van der Waals surface area contributed by atoms with Crippen molar-refractivity contribution in [1.29, 1.82) is 0 Å². The maximum absolute atomic E-state index is 12.2. The van der Waals surface area contributed by atoms with Crippen LogP contribution in [0, 0.1) is 5.92 Å². The first-order valence-corrected chi connectivity index (χ1v) is 6.85. The van der Waals surface area contributed by atoms with Crippen LogP contribution in [-0.4, -0.2) is 11.9 Å². The Bertz CT molecular complexity index is 417. The van der Waals surface area contributed by atoms with Crippen molar-refractivity contribution in [1.82, 2.24) is 0 Å². The fraction of sp³-hybridized carbons (Fsp3) is 0.533. The van der Waals surface area contributed by atoms with Crippen molar-refractivity contribution >= 4 is 11.6 Å². The summed E-state index contributed by atoms with van der Waals surface area (Å²) >= 11 is 0. The summed E-state index contributed by atoms with van der Waals surface area (Å²) in [7, 11) is 0. The molecule has 1 fully saturated rings. The Labute approximate surface area is 109 Å². The maximum Gasteiger partial charge on any atom is 0.227 e. The molecule has 1 aliphatic rings. The second-order valence-electron chi connectivity index (χ2n) is 5.12. The molecule has 1 aromatic rings. The minimum Gasteiger partial charge on any atom is -0.328 e. The summed E-state index contributed by atoms with van der Waals surface area (Å²) in [5, 5.41) is 3.06. The van der Waals surface area contributed by atoms with Crippen LogP contribution < -0.4 is 11.1 Å². The molecule has 0 aromatic heterocycles. The number of carbonyl (C=O) groups is 1. The van der Waals surface area contributed by atoms with Crippen molar-refractivity contribution in [2.45, 2.75) is 45.1 Å². The van der Waals surface area contributed by atoms with E-state index in [4.69, 9.17) is 5.73 Å². The van der Waals surface area contributed by atoms with Crippen LogP contribution in [0.5, 0.6) is 0 Å². The van der Waals surface area contributed by atoms with Crippen LogP contribution in [0.3, 0.4) is 0 Å². The third-order valence-electron chi connectivity index (χ3n) is 3.74. The first kappa shape index (κ1) is 13.1. The molecule has 3 heteroatoms. The van der Waals surface area contributed by atoms with E-state index >= 15 is 0 Å². The summed E-state index contributed by atoms with van der Waals surface area (Å²) < 4.78 is 0. The fourth-order valence-electron chi connectivity index (χ4n) is 2.65. The molecule has 2 atom stereocenters. The van der Waals surface area contributed by atoms with Gasteiger partial charge in [0.05, 0.1) is 0 Å². The Hall–Kier alpha value is -1.35. The number of hydrogen-bond acceptors (Lipinski definition) is 2. The van der Waals surface area contributed by atoms with Gasteiger partial charge in [-0.05, 0) is 37.3 Å². The summed E-state index contributed by atoms with van der Waals surface area (Å²) in [6.07, 6.45) is 4.83. The van der Waals surface area contributed by atoms with Crippen molar-refractivity contribution in [2.24, 2.45) is 11.7 Å². The Balaban J connectivity index is 2.02. The van der Waals surface area contributed by atoms with Gasteiger partial charge in [-0.15, -0.1) is 0 Å². The van der Waals surface area contributed by atoms with Gasteiger partial charge in [0.25, 0.3) is 0 Å². The average molecular weight is 246 g/mol. The van der Waals surface area contributed by atoms with Crippen LogP contribution in [0.15, 0.2) is 24.3 Å². The van der Waals surface area contributed by atoms with Crippen LogP contribution in [0.2, 0.25) is 0 Å². The molecule has 1 aliphatic carbocycles. The highest BCUT2D eigenvalue weighted by Gasteiger charge is 2.25. The summed E-state index contributed by atoms with van der Waals surface area (Å²) in [5.74, 6) is 0.213.